The summed E-state index contributed by atoms with van der Waals surface area (Å²) in [6, 6.07) is 0. The molecule has 0 aliphatic carbocycles. The van der Waals surface area contributed by atoms with Gasteiger partial charge in [-0.15, -0.1) is 16.9 Å². The van der Waals surface area contributed by atoms with Gasteiger partial charge in [-0.2, -0.15) is 0 Å². The number of esters is 1. The lowest BCUT2D eigenvalue weighted by atomic mass is 10.3. The van der Waals surface area contributed by atoms with Gasteiger partial charge in [0.1, 0.15) is 5.25 Å². The van der Waals surface area contributed by atoms with Crippen LogP contribution in [-0.4, -0.2) is 68.5 Å². The number of H-pyrrole nitrogens is 1. The molecule has 128 valence electrons. The number of hydrogen-bond acceptors (Lipinski definition) is 7. The Balaban J connectivity index is 1.92. The quantitative estimate of drug-likeness (QED) is 0.571. The first kappa shape index (κ1) is 17.9. The molecule has 1 amide bonds. The lowest BCUT2D eigenvalue weighted by Gasteiger charge is -2.30. The van der Waals surface area contributed by atoms with Crippen LogP contribution in [0.25, 0.3) is 0 Å². The number of nitrogens with one attached hydrogen (secondary N) is 1. The van der Waals surface area contributed by atoms with E-state index in [0.717, 1.165) is 6.42 Å². The van der Waals surface area contributed by atoms with E-state index in [2.05, 4.69) is 10.2 Å². The van der Waals surface area contributed by atoms with E-state index >= 15 is 0 Å². The number of ether oxygens (including phenoxy) is 1. The minimum atomic E-state index is -0.327. The second-order valence-corrected chi connectivity index (χ2v) is 7.23. The zero-order valence-corrected chi connectivity index (χ0v) is 14.7. The van der Waals surface area contributed by atoms with Crippen molar-refractivity contribution in [1.82, 2.24) is 19.7 Å². The number of thioether (sulfide) groups is 2. The van der Waals surface area contributed by atoms with Crippen molar-refractivity contribution in [1.29, 1.82) is 0 Å². The molecule has 2 rings (SSSR count). The third-order valence-corrected chi connectivity index (χ3v) is 5.50. The standard InChI is InChI=1S/C13H20N4O4S2/c1-3-4-17-12(20)14-15-13(17)23-8-10(18)16-5-6-22-9(7-16)11(19)21-2/h9H,3-8H2,1-2H3,(H,14,20)/t9-/m0/s1. The number of methoxy groups -OCH3 is 1. The lowest BCUT2D eigenvalue weighted by Crippen LogP contribution is -2.45. The first-order chi connectivity index (χ1) is 11.1. The summed E-state index contributed by atoms with van der Waals surface area (Å²) in [5.74, 6) is 0.526. The molecule has 23 heavy (non-hydrogen) atoms. The van der Waals surface area contributed by atoms with Crippen LogP contribution in [0.15, 0.2) is 9.95 Å². The molecule has 0 radical (unpaired) electrons. The van der Waals surface area contributed by atoms with Gasteiger partial charge in [0.25, 0.3) is 0 Å². The number of aromatic nitrogens is 3. The Morgan fingerprint density at radius 1 is 1.52 bits per heavy atom. The molecule has 0 saturated carbocycles. The van der Waals surface area contributed by atoms with Gasteiger partial charge in [-0.25, -0.2) is 9.89 Å². The van der Waals surface area contributed by atoms with Crippen molar-refractivity contribution < 1.29 is 14.3 Å². The zero-order chi connectivity index (χ0) is 16.8. The second kappa shape index (κ2) is 8.44. The number of nitrogens with zero attached hydrogens (tertiary/aromatic N) is 3. The molecule has 0 aromatic carbocycles. The Morgan fingerprint density at radius 2 is 2.30 bits per heavy atom. The van der Waals surface area contributed by atoms with Crippen molar-refractivity contribution in [2.45, 2.75) is 30.3 Å². The molecule has 1 atom stereocenters. The molecular weight excluding hydrogens is 340 g/mol. The van der Waals surface area contributed by atoms with Crippen LogP contribution >= 0.6 is 23.5 Å². The van der Waals surface area contributed by atoms with E-state index in [1.54, 1.807) is 4.90 Å². The minimum absolute atomic E-state index is 0.0669. The van der Waals surface area contributed by atoms with Gasteiger partial charge in [0.2, 0.25) is 5.91 Å². The molecule has 1 aromatic rings. The molecular formula is C13H20N4O4S2. The highest BCUT2D eigenvalue weighted by Crippen LogP contribution is 2.21. The molecule has 1 aliphatic heterocycles. The van der Waals surface area contributed by atoms with E-state index in [0.29, 0.717) is 30.5 Å². The Hall–Kier alpha value is -1.42. The van der Waals surface area contributed by atoms with Crippen LogP contribution in [-0.2, 0) is 20.9 Å². The maximum Gasteiger partial charge on any atom is 0.343 e. The summed E-state index contributed by atoms with van der Waals surface area (Å²) in [5.41, 5.74) is -0.262. The van der Waals surface area contributed by atoms with Gasteiger partial charge in [-0.1, -0.05) is 18.7 Å². The summed E-state index contributed by atoms with van der Waals surface area (Å²) in [6.45, 7) is 3.51. The van der Waals surface area contributed by atoms with E-state index in [1.807, 2.05) is 6.92 Å². The zero-order valence-electron chi connectivity index (χ0n) is 13.1. The van der Waals surface area contributed by atoms with Gasteiger partial charge in [-0.05, 0) is 6.42 Å². The number of carbonyl (C=O) groups is 2. The van der Waals surface area contributed by atoms with Gasteiger partial charge in [0, 0.05) is 25.4 Å². The lowest BCUT2D eigenvalue weighted by molar-refractivity contribution is -0.141. The smallest absolute Gasteiger partial charge is 0.343 e. The Morgan fingerprint density at radius 3 is 3.00 bits per heavy atom. The van der Waals surface area contributed by atoms with Gasteiger partial charge >= 0.3 is 11.7 Å². The highest BCUT2D eigenvalue weighted by molar-refractivity contribution is 8.00. The van der Waals surface area contributed by atoms with Crippen LogP contribution in [0.5, 0.6) is 0 Å². The number of rotatable bonds is 6. The fourth-order valence-electron chi connectivity index (χ4n) is 2.20. The van der Waals surface area contributed by atoms with Crippen molar-refractivity contribution in [3.8, 4) is 0 Å². The van der Waals surface area contributed by atoms with Crippen LogP contribution in [0.1, 0.15) is 13.3 Å². The highest BCUT2D eigenvalue weighted by Gasteiger charge is 2.29. The van der Waals surface area contributed by atoms with Crippen LogP contribution in [0.2, 0.25) is 0 Å². The molecule has 8 nitrogen and oxygen atoms in total. The predicted octanol–water partition coefficient (Wildman–Crippen LogP) is 0.190. The van der Waals surface area contributed by atoms with Crippen molar-refractivity contribution >= 4 is 35.4 Å². The monoisotopic (exact) mass is 360 g/mol. The molecule has 1 aliphatic rings. The molecule has 10 heteroatoms. The summed E-state index contributed by atoms with van der Waals surface area (Å²) >= 11 is 2.74. The normalized spacial score (nSPS) is 18.0. The minimum Gasteiger partial charge on any atom is -0.468 e. The molecule has 0 spiro atoms. The van der Waals surface area contributed by atoms with Crippen molar-refractivity contribution in [3.05, 3.63) is 10.5 Å². The predicted molar refractivity (Wildman–Crippen MR) is 88.7 cm³/mol. The summed E-state index contributed by atoms with van der Waals surface area (Å²) in [6.07, 6.45) is 0.811. The van der Waals surface area contributed by atoms with Gasteiger partial charge in [0.15, 0.2) is 5.16 Å². The van der Waals surface area contributed by atoms with Crippen LogP contribution < -0.4 is 5.69 Å². The van der Waals surface area contributed by atoms with Crippen molar-refractivity contribution in [2.75, 3.05) is 31.7 Å². The number of amides is 1. The number of hydrogen-bond donors (Lipinski definition) is 1. The average Bonchev–Trinajstić information content (AvgIpc) is 2.92. The fraction of sp³-hybridized carbons (Fsp3) is 0.692. The molecule has 0 bridgehead atoms. The molecule has 1 fully saturated rings. The maximum absolute atomic E-state index is 12.3. The van der Waals surface area contributed by atoms with Crippen LogP contribution in [0.3, 0.4) is 0 Å². The summed E-state index contributed by atoms with van der Waals surface area (Å²) < 4.78 is 6.27. The van der Waals surface area contributed by atoms with Crippen molar-refractivity contribution in [2.24, 2.45) is 0 Å². The third kappa shape index (κ3) is 4.54. The van der Waals surface area contributed by atoms with Crippen molar-refractivity contribution in [3.63, 3.8) is 0 Å². The second-order valence-electron chi connectivity index (χ2n) is 4.97. The number of carbonyl (C=O) groups excluding carboxylic acids is 2. The Labute approximate surface area is 142 Å². The SMILES string of the molecule is CCCn1c(SCC(=O)N2CCS[C@H](C(=O)OC)C2)n[nH]c1=O. The number of aromatic amines is 1. The van der Waals surface area contributed by atoms with Crippen LogP contribution in [0, 0.1) is 0 Å². The van der Waals surface area contributed by atoms with E-state index in [9.17, 15) is 14.4 Å². The molecule has 2 heterocycles. The van der Waals surface area contributed by atoms with E-state index < -0.39 is 0 Å². The Kier molecular flexibility index (Phi) is 6.58. The third-order valence-electron chi connectivity index (χ3n) is 3.38. The first-order valence-corrected chi connectivity index (χ1v) is 9.35. The largest absolute Gasteiger partial charge is 0.468 e. The van der Waals surface area contributed by atoms with E-state index in [-0.39, 0.29) is 28.6 Å². The van der Waals surface area contributed by atoms with E-state index in [4.69, 9.17) is 4.74 Å². The molecule has 0 unspecified atom stereocenters. The summed E-state index contributed by atoms with van der Waals surface area (Å²) in [7, 11) is 1.35. The maximum atomic E-state index is 12.3. The Bertz CT molecular complexity index is 615. The van der Waals surface area contributed by atoms with Gasteiger partial charge in [0.05, 0.1) is 12.9 Å². The van der Waals surface area contributed by atoms with Gasteiger partial charge < -0.3 is 9.64 Å². The topological polar surface area (TPSA) is 97.3 Å². The first-order valence-electron chi connectivity index (χ1n) is 7.32. The molecule has 1 N–H and O–H groups in total. The fourth-order valence-corrected chi connectivity index (χ4v) is 4.20. The van der Waals surface area contributed by atoms with E-state index in [1.165, 1.54) is 35.2 Å². The molecule has 1 saturated heterocycles. The van der Waals surface area contributed by atoms with Crippen LogP contribution in [0.4, 0.5) is 0 Å². The highest BCUT2D eigenvalue weighted by atomic mass is 32.2. The summed E-state index contributed by atoms with van der Waals surface area (Å²) in [5, 5.41) is 6.54. The molecule has 1 aromatic heterocycles. The average molecular weight is 360 g/mol. The van der Waals surface area contributed by atoms with Gasteiger partial charge in [-0.3, -0.25) is 14.2 Å². The summed E-state index contributed by atoms with van der Waals surface area (Å²) in [4.78, 5) is 37.2.